The molecule has 1 N–H and O–H groups in total. The van der Waals surface area contributed by atoms with E-state index in [1.165, 1.54) is 0 Å². The first-order chi connectivity index (χ1) is 10.8. The molecule has 22 heavy (non-hydrogen) atoms. The summed E-state index contributed by atoms with van der Waals surface area (Å²) in [6.07, 6.45) is 3.33. The van der Waals surface area contributed by atoms with Crippen LogP contribution in [-0.2, 0) is 4.79 Å². The van der Waals surface area contributed by atoms with Gasteiger partial charge in [-0.05, 0) is 23.3 Å². The van der Waals surface area contributed by atoms with Gasteiger partial charge in [0.15, 0.2) is 0 Å². The van der Waals surface area contributed by atoms with Crippen LogP contribution in [0.2, 0.25) is 0 Å². The van der Waals surface area contributed by atoms with Crippen molar-refractivity contribution in [3.63, 3.8) is 0 Å². The number of hydrogen-bond donors (Lipinski definition) is 1. The molecule has 0 aliphatic rings. The molecule has 0 bridgehead atoms. The molecule has 0 radical (unpaired) electrons. The van der Waals surface area contributed by atoms with Crippen molar-refractivity contribution in [1.29, 1.82) is 0 Å². The van der Waals surface area contributed by atoms with E-state index in [2.05, 4.69) is 10.3 Å². The third-order valence-corrected chi connectivity index (χ3v) is 3.46. The average molecular weight is 288 g/mol. The molecule has 0 aliphatic carbocycles. The number of hydrogen-bond acceptors (Lipinski definition) is 2. The zero-order chi connectivity index (χ0) is 15.2. The summed E-state index contributed by atoms with van der Waals surface area (Å²) in [5.74, 6) is -0.409. The van der Waals surface area contributed by atoms with Gasteiger partial charge in [-0.1, -0.05) is 60.7 Å². The number of pyridine rings is 1. The fraction of sp³-hybridized carbons (Fsp3) is 0.0526. The van der Waals surface area contributed by atoms with E-state index in [1.807, 2.05) is 66.7 Å². The van der Waals surface area contributed by atoms with Gasteiger partial charge in [0.25, 0.3) is 0 Å². The first-order valence-electron chi connectivity index (χ1n) is 7.15. The van der Waals surface area contributed by atoms with Crippen LogP contribution in [0.3, 0.4) is 0 Å². The predicted molar refractivity (Wildman–Crippen MR) is 87.6 cm³/mol. The number of amides is 1. The Morgan fingerprint density at radius 2 is 1.41 bits per heavy atom. The second kappa shape index (κ2) is 6.68. The Hall–Kier alpha value is -2.94. The molecule has 3 aromatic rings. The molecule has 108 valence electrons. The Labute approximate surface area is 129 Å². The minimum Gasteiger partial charge on any atom is -0.324 e. The largest absolute Gasteiger partial charge is 0.324 e. The van der Waals surface area contributed by atoms with Crippen LogP contribution < -0.4 is 5.32 Å². The summed E-state index contributed by atoms with van der Waals surface area (Å²) in [5, 5.41) is 2.94. The quantitative estimate of drug-likeness (QED) is 0.792. The van der Waals surface area contributed by atoms with Crippen LogP contribution >= 0.6 is 0 Å². The van der Waals surface area contributed by atoms with E-state index in [9.17, 15) is 4.79 Å². The number of nitrogens with one attached hydrogen (secondary N) is 1. The van der Waals surface area contributed by atoms with Gasteiger partial charge in [-0.15, -0.1) is 0 Å². The maximum absolute atomic E-state index is 12.8. The highest BCUT2D eigenvalue weighted by Gasteiger charge is 2.22. The first kappa shape index (κ1) is 14.0. The van der Waals surface area contributed by atoms with E-state index in [1.54, 1.807) is 18.5 Å². The number of carbonyl (C=O) groups is 1. The molecule has 1 amide bonds. The van der Waals surface area contributed by atoms with Gasteiger partial charge < -0.3 is 5.32 Å². The topological polar surface area (TPSA) is 42.0 Å². The summed E-state index contributed by atoms with van der Waals surface area (Å²) in [6.45, 7) is 0. The molecular weight excluding hydrogens is 272 g/mol. The van der Waals surface area contributed by atoms with Gasteiger partial charge in [0.05, 0.1) is 17.8 Å². The van der Waals surface area contributed by atoms with Gasteiger partial charge in [0, 0.05) is 6.20 Å². The van der Waals surface area contributed by atoms with E-state index in [0.717, 1.165) is 11.1 Å². The van der Waals surface area contributed by atoms with Crippen LogP contribution in [-0.4, -0.2) is 10.9 Å². The van der Waals surface area contributed by atoms with Gasteiger partial charge in [0.2, 0.25) is 5.91 Å². The third kappa shape index (κ3) is 3.20. The first-order valence-corrected chi connectivity index (χ1v) is 7.15. The Kier molecular flexibility index (Phi) is 4.25. The highest BCUT2D eigenvalue weighted by Crippen LogP contribution is 2.26. The molecule has 0 unspecified atom stereocenters. The number of nitrogens with zero attached hydrogens (tertiary/aromatic N) is 1. The van der Waals surface area contributed by atoms with E-state index < -0.39 is 0 Å². The second-order valence-corrected chi connectivity index (χ2v) is 4.99. The normalized spacial score (nSPS) is 10.4. The fourth-order valence-electron chi connectivity index (χ4n) is 2.44. The summed E-state index contributed by atoms with van der Waals surface area (Å²) in [7, 11) is 0. The molecule has 0 aliphatic heterocycles. The van der Waals surface area contributed by atoms with Crippen LogP contribution in [0.15, 0.2) is 85.2 Å². The molecule has 3 nitrogen and oxygen atoms in total. The standard InChI is InChI=1S/C19H16N2O/c22-19(21-17-12-7-13-20-14-17)18(15-8-3-1-4-9-15)16-10-5-2-6-11-16/h1-14,18H,(H,21,22). The molecule has 1 aromatic heterocycles. The maximum Gasteiger partial charge on any atom is 0.236 e. The van der Waals surface area contributed by atoms with Gasteiger partial charge in [-0.2, -0.15) is 0 Å². The van der Waals surface area contributed by atoms with Crippen LogP contribution in [0, 0.1) is 0 Å². The molecule has 0 saturated heterocycles. The Balaban J connectivity index is 1.94. The minimum atomic E-state index is -0.345. The van der Waals surface area contributed by atoms with Crippen LogP contribution in [0.4, 0.5) is 5.69 Å². The van der Waals surface area contributed by atoms with Gasteiger partial charge in [-0.3, -0.25) is 9.78 Å². The molecule has 0 fully saturated rings. The summed E-state index contributed by atoms with van der Waals surface area (Å²) in [5.41, 5.74) is 2.63. The van der Waals surface area contributed by atoms with Crippen molar-refractivity contribution in [1.82, 2.24) is 4.98 Å². The maximum atomic E-state index is 12.8. The Morgan fingerprint density at radius 1 is 0.818 bits per heavy atom. The number of aromatic nitrogens is 1. The number of carbonyl (C=O) groups excluding carboxylic acids is 1. The average Bonchev–Trinajstić information content (AvgIpc) is 2.58. The monoisotopic (exact) mass is 288 g/mol. The lowest BCUT2D eigenvalue weighted by Gasteiger charge is -2.17. The molecule has 1 heterocycles. The molecule has 3 rings (SSSR count). The van der Waals surface area contributed by atoms with Crippen molar-refractivity contribution in [3.8, 4) is 0 Å². The highest BCUT2D eigenvalue weighted by molar-refractivity contribution is 5.98. The van der Waals surface area contributed by atoms with Crippen molar-refractivity contribution in [2.24, 2.45) is 0 Å². The number of benzene rings is 2. The lowest BCUT2D eigenvalue weighted by atomic mass is 9.90. The second-order valence-electron chi connectivity index (χ2n) is 4.99. The van der Waals surface area contributed by atoms with Crippen molar-refractivity contribution >= 4 is 11.6 Å². The van der Waals surface area contributed by atoms with Crippen LogP contribution in [0.1, 0.15) is 17.0 Å². The smallest absolute Gasteiger partial charge is 0.236 e. The Bertz CT molecular complexity index is 688. The fourth-order valence-corrected chi connectivity index (χ4v) is 2.44. The number of anilines is 1. The van der Waals surface area contributed by atoms with Gasteiger partial charge >= 0.3 is 0 Å². The van der Waals surface area contributed by atoms with Crippen molar-refractivity contribution in [3.05, 3.63) is 96.3 Å². The van der Waals surface area contributed by atoms with Gasteiger partial charge in [0.1, 0.15) is 0 Å². The zero-order valence-electron chi connectivity index (χ0n) is 12.0. The van der Waals surface area contributed by atoms with E-state index in [4.69, 9.17) is 0 Å². The van der Waals surface area contributed by atoms with Crippen molar-refractivity contribution < 1.29 is 4.79 Å². The lowest BCUT2D eigenvalue weighted by molar-refractivity contribution is -0.116. The van der Waals surface area contributed by atoms with E-state index >= 15 is 0 Å². The summed E-state index contributed by atoms with van der Waals surface area (Å²) < 4.78 is 0. The van der Waals surface area contributed by atoms with Crippen molar-refractivity contribution in [2.45, 2.75) is 5.92 Å². The van der Waals surface area contributed by atoms with Gasteiger partial charge in [-0.25, -0.2) is 0 Å². The molecule has 3 heteroatoms. The van der Waals surface area contributed by atoms with Crippen LogP contribution in [0.5, 0.6) is 0 Å². The molecule has 0 atom stereocenters. The Morgan fingerprint density at radius 3 is 1.91 bits per heavy atom. The molecule has 0 spiro atoms. The zero-order valence-corrected chi connectivity index (χ0v) is 12.0. The summed E-state index contributed by atoms with van der Waals surface area (Å²) in [4.78, 5) is 16.8. The summed E-state index contributed by atoms with van der Waals surface area (Å²) in [6, 6.07) is 23.2. The highest BCUT2D eigenvalue weighted by atomic mass is 16.1. The molecule has 2 aromatic carbocycles. The minimum absolute atomic E-state index is 0.0644. The SMILES string of the molecule is O=C(Nc1cccnc1)C(c1ccccc1)c1ccccc1. The predicted octanol–water partition coefficient (Wildman–Crippen LogP) is 3.85. The van der Waals surface area contributed by atoms with Crippen molar-refractivity contribution in [2.75, 3.05) is 5.32 Å². The lowest BCUT2D eigenvalue weighted by Crippen LogP contribution is -2.22. The van der Waals surface area contributed by atoms with E-state index in [-0.39, 0.29) is 11.8 Å². The van der Waals surface area contributed by atoms with E-state index in [0.29, 0.717) is 5.69 Å². The van der Waals surface area contributed by atoms with Crippen LogP contribution in [0.25, 0.3) is 0 Å². The number of rotatable bonds is 4. The summed E-state index contributed by atoms with van der Waals surface area (Å²) >= 11 is 0. The molecule has 0 saturated carbocycles. The third-order valence-electron chi connectivity index (χ3n) is 3.46. The molecular formula is C19H16N2O.